The Bertz CT molecular complexity index is 721. The van der Waals surface area contributed by atoms with Crippen LogP contribution in [0.3, 0.4) is 0 Å². The van der Waals surface area contributed by atoms with Crippen LogP contribution in [0.5, 0.6) is 0 Å². The highest BCUT2D eigenvalue weighted by Gasteiger charge is 2.20. The average Bonchev–Trinajstić information content (AvgIpc) is 2.58. The topological polar surface area (TPSA) is 75.7 Å². The highest BCUT2D eigenvalue weighted by molar-refractivity contribution is 6.32. The molecule has 1 aliphatic heterocycles. The fourth-order valence-electron chi connectivity index (χ4n) is 2.34. The first-order valence-electron chi connectivity index (χ1n) is 7.78. The number of carbonyl (C=O) groups is 3. The number of halogens is 2. The maximum atomic E-state index is 13.2. The highest BCUT2D eigenvalue weighted by Crippen LogP contribution is 2.19. The standard InChI is InChI=1S/C17H18ClFN2O4/c1-2-25-17(24)16(23)20-9-11-5-6-21(15(22)8-11)10-12-3-4-14(19)13(18)7-12/h3-4,7-8H,2,5-6,9-10H2,1H3,(H,20,23). The molecule has 1 aromatic rings. The lowest BCUT2D eigenvalue weighted by atomic mass is 10.1. The van der Waals surface area contributed by atoms with E-state index in [2.05, 4.69) is 10.1 Å². The molecule has 6 nitrogen and oxygen atoms in total. The molecule has 0 fully saturated rings. The molecule has 8 heteroatoms. The summed E-state index contributed by atoms with van der Waals surface area (Å²) in [4.78, 5) is 36.5. The lowest BCUT2D eigenvalue weighted by Crippen LogP contribution is -2.38. The normalized spacial score (nSPS) is 14.1. The molecule has 0 aromatic heterocycles. The molecule has 1 heterocycles. The molecule has 1 N–H and O–H groups in total. The van der Waals surface area contributed by atoms with Crippen LogP contribution in [0.4, 0.5) is 4.39 Å². The second-order valence-corrected chi connectivity index (χ2v) is 5.87. The summed E-state index contributed by atoms with van der Waals surface area (Å²) in [6.07, 6.45) is 1.99. The van der Waals surface area contributed by atoms with Gasteiger partial charge in [0, 0.05) is 25.7 Å². The lowest BCUT2D eigenvalue weighted by molar-refractivity contribution is -0.154. The summed E-state index contributed by atoms with van der Waals surface area (Å²) in [5.74, 6) is -2.50. The summed E-state index contributed by atoms with van der Waals surface area (Å²) in [7, 11) is 0. The molecule has 0 spiro atoms. The van der Waals surface area contributed by atoms with Crippen LogP contribution in [0.25, 0.3) is 0 Å². The van der Waals surface area contributed by atoms with E-state index >= 15 is 0 Å². The van der Waals surface area contributed by atoms with E-state index in [4.69, 9.17) is 11.6 Å². The monoisotopic (exact) mass is 368 g/mol. The summed E-state index contributed by atoms with van der Waals surface area (Å²) >= 11 is 5.74. The molecule has 2 rings (SSSR count). The largest absolute Gasteiger partial charge is 0.459 e. The number of ether oxygens (including phenoxy) is 1. The van der Waals surface area contributed by atoms with Crippen molar-refractivity contribution in [2.75, 3.05) is 19.7 Å². The molecular formula is C17H18ClFN2O4. The van der Waals surface area contributed by atoms with Crippen LogP contribution in [0.15, 0.2) is 29.8 Å². The van der Waals surface area contributed by atoms with Crippen LogP contribution in [0.1, 0.15) is 18.9 Å². The van der Waals surface area contributed by atoms with Crippen LogP contribution in [0, 0.1) is 5.82 Å². The van der Waals surface area contributed by atoms with Gasteiger partial charge >= 0.3 is 11.9 Å². The highest BCUT2D eigenvalue weighted by atomic mass is 35.5. The van der Waals surface area contributed by atoms with Crippen molar-refractivity contribution in [3.63, 3.8) is 0 Å². The van der Waals surface area contributed by atoms with Crippen molar-refractivity contribution in [3.8, 4) is 0 Å². The maximum absolute atomic E-state index is 13.2. The number of benzene rings is 1. The quantitative estimate of drug-likeness (QED) is 0.635. The number of rotatable bonds is 5. The first-order chi connectivity index (χ1) is 11.9. The van der Waals surface area contributed by atoms with Gasteiger partial charge in [0.05, 0.1) is 11.6 Å². The first kappa shape index (κ1) is 18.9. The Balaban J connectivity index is 1.90. The van der Waals surface area contributed by atoms with E-state index < -0.39 is 17.7 Å². The Labute approximate surface area is 149 Å². The van der Waals surface area contributed by atoms with Crippen molar-refractivity contribution < 1.29 is 23.5 Å². The second kappa shape index (κ2) is 8.62. The van der Waals surface area contributed by atoms with Crippen molar-refractivity contribution in [2.45, 2.75) is 19.9 Å². The van der Waals surface area contributed by atoms with E-state index in [1.807, 2.05) is 0 Å². The summed E-state index contributed by atoms with van der Waals surface area (Å²) < 4.78 is 17.8. The van der Waals surface area contributed by atoms with Gasteiger partial charge in [0.2, 0.25) is 5.91 Å². The lowest BCUT2D eigenvalue weighted by Gasteiger charge is -2.26. The molecule has 2 amide bonds. The van der Waals surface area contributed by atoms with Crippen LogP contribution in [0.2, 0.25) is 5.02 Å². The fraction of sp³-hybridized carbons (Fsp3) is 0.353. The van der Waals surface area contributed by atoms with Crippen LogP contribution >= 0.6 is 11.6 Å². The molecule has 1 aliphatic rings. The summed E-state index contributed by atoms with van der Waals surface area (Å²) in [5.41, 5.74) is 1.45. The zero-order chi connectivity index (χ0) is 18.4. The number of esters is 1. The number of hydrogen-bond acceptors (Lipinski definition) is 4. The minimum Gasteiger partial charge on any atom is -0.459 e. The van der Waals surface area contributed by atoms with Crippen LogP contribution in [-0.2, 0) is 25.7 Å². The maximum Gasteiger partial charge on any atom is 0.396 e. The van der Waals surface area contributed by atoms with Crippen molar-refractivity contribution in [3.05, 3.63) is 46.3 Å². The molecule has 25 heavy (non-hydrogen) atoms. The third kappa shape index (κ3) is 5.29. The van der Waals surface area contributed by atoms with E-state index in [1.165, 1.54) is 18.2 Å². The third-order valence-corrected chi connectivity index (χ3v) is 3.93. The molecule has 0 saturated heterocycles. The molecule has 134 valence electrons. The van der Waals surface area contributed by atoms with Crippen molar-refractivity contribution in [1.82, 2.24) is 10.2 Å². The van der Waals surface area contributed by atoms with Gasteiger partial charge in [0.1, 0.15) is 5.82 Å². The van der Waals surface area contributed by atoms with Crippen molar-refractivity contribution >= 4 is 29.4 Å². The van der Waals surface area contributed by atoms with Gasteiger partial charge in [-0.1, -0.05) is 17.7 Å². The van der Waals surface area contributed by atoms with Gasteiger partial charge in [-0.05, 0) is 36.6 Å². The molecule has 0 saturated carbocycles. The number of nitrogens with one attached hydrogen (secondary N) is 1. The van der Waals surface area contributed by atoms with Crippen LogP contribution in [-0.4, -0.2) is 42.4 Å². The molecule has 0 aliphatic carbocycles. The van der Waals surface area contributed by atoms with E-state index in [0.29, 0.717) is 19.5 Å². The minimum absolute atomic E-state index is 0.0138. The average molecular weight is 369 g/mol. The zero-order valence-electron chi connectivity index (χ0n) is 13.7. The van der Waals surface area contributed by atoms with Gasteiger partial charge in [-0.25, -0.2) is 9.18 Å². The molecule has 0 unspecified atom stereocenters. The first-order valence-corrected chi connectivity index (χ1v) is 8.15. The van der Waals surface area contributed by atoms with Gasteiger partial charge in [-0.3, -0.25) is 9.59 Å². The molecule has 0 bridgehead atoms. The predicted octanol–water partition coefficient (Wildman–Crippen LogP) is 1.82. The smallest absolute Gasteiger partial charge is 0.396 e. The molecule has 0 atom stereocenters. The Morgan fingerprint density at radius 2 is 2.16 bits per heavy atom. The van der Waals surface area contributed by atoms with E-state index in [-0.39, 0.29) is 24.1 Å². The third-order valence-electron chi connectivity index (χ3n) is 3.64. The molecule has 0 radical (unpaired) electrons. The molecule has 1 aromatic carbocycles. The van der Waals surface area contributed by atoms with Gasteiger partial charge in [-0.2, -0.15) is 0 Å². The van der Waals surface area contributed by atoms with E-state index in [1.54, 1.807) is 17.9 Å². The number of carbonyl (C=O) groups excluding carboxylic acids is 3. The van der Waals surface area contributed by atoms with Gasteiger partial charge < -0.3 is 15.0 Å². The summed E-state index contributed by atoms with van der Waals surface area (Å²) in [6.45, 7) is 2.61. The number of hydrogen-bond donors (Lipinski definition) is 1. The van der Waals surface area contributed by atoms with Gasteiger partial charge in [0.25, 0.3) is 0 Å². The number of nitrogens with zero attached hydrogens (tertiary/aromatic N) is 1. The van der Waals surface area contributed by atoms with Gasteiger partial charge in [0.15, 0.2) is 0 Å². The summed E-state index contributed by atoms with van der Waals surface area (Å²) in [5, 5.41) is 2.44. The van der Waals surface area contributed by atoms with Gasteiger partial charge in [-0.15, -0.1) is 0 Å². The summed E-state index contributed by atoms with van der Waals surface area (Å²) in [6, 6.07) is 4.33. The second-order valence-electron chi connectivity index (χ2n) is 5.46. The van der Waals surface area contributed by atoms with Crippen molar-refractivity contribution in [2.24, 2.45) is 0 Å². The van der Waals surface area contributed by atoms with E-state index in [0.717, 1.165) is 11.1 Å². The Morgan fingerprint density at radius 3 is 2.80 bits per heavy atom. The number of amides is 2. The zero-order valence-corrected chi connectivity index (χ0v) is 14.4. The van der Waals surface area contributed by atoms with E-state index in [9.17, 15) is 18.8 Å². The minimum atomic E-state index is -0.944. The Kier molecular flexibility index (Phi) is 6.52. The predicted molar refractivity (Wildman–Crippen MR) is 89.2 cm³/mol. The van der Waals surface area contributed by atoms with Crippen molar-refractivity contribution in [1.29, 1.82) is 0 Å². The Hall–Kier alpha value is -2.41. The SMILES string of the molecule is CCOC(=O)C(=O)NCC1=CC(=O)N(Cc2ccc(F)c(Cl)c2)CC1. The fourth-order valence-corrected chi connectivity index (χ4v) is 2.55. The molecular weight excluding hydrogens is 351 g/mol. The van der Waals surface area contributed by atoms with Crippen LogP contribution < -0.4 is 5.32 Å². The Morgan fingerprint density at radius 1 is 1.40 bits per heavy atom.